The summed E-state index contributed by atoms with van der Waals surface area (Å²) in [4.78, 5) is 36.7. The number of hydrogen-bond acceptors (Lipinski definition) is 5. The molecule has 0 aliphatic carbocycles. The Kier molecular flexibility index (Phi) is 10.1. The third kappa shape index (κ3) is 9.68. The number of benzene rings is 2. The van der Waals surface area contributed by atoms with Crippen molar-refractivity contribution in [1.82, 2.24) is 10.6 Å². The second-order valence-corrected chi connectivity index (χ2v) is 9.55. The number of hydrogen-bond donors (Lipinski definition) is 3. The summed E-state index contributed by atoms with van der Waals surface area (Å²) in [5.74, 6) is 0.446. The van der Waals surface area contributed by atoms with Gasteiger partial charge in [0.05, 0.1) is 0 Å². The molecule has 0 heterocycles. The highest BCUT2D eigenvalue weighted by atomic mass is 16.6. The molecule has 0 aliphatic rings. The van der Waals surface area contributed by atoms with Crippen molar-refractivity contribution in [2.45, 2.75) is 72.1 Å². The van der Waals surface area contributed by atoms with Gasteiger partial charge in [0, 0.05) is 25.2 Å². The highest BCUT2D eigenvalue weighted by molar-refractivity contribution is 5.92. The van der Waals surface area contributed by atoms with E-state index in [-0.39, 0.29) is 37.2 Å². The van der Waals surface area contributed by atoms with Crippen LogP contribution in [0.15, 0.2) is 48.5 Å². The first kappa shape index (κ1) is 27.7. The molecule has 0 fully saturated rings. The lowest BCUT2D eigenvalue weighted by molar-refractivity contribution is -0.127. The van der Waals surface area contributed by atoms with Crippen LogP contribution in [0.4, 0.5) is 10.5 Å². The number of rotatable bonds is 10. The largest absolute Gasteiger partial charge is 0.481 e. The summed E-state index contributed by atoms with van der Waals surface area (Å²) >= 11 is 0. The summed E-state index contributed by atoms with van der Waals surface area (Å²) in [6.45, 7) is 11.5. The molecule has 0 saturated heterocycles. The molecule has 8 heteroatoms. The third-order valence-electron chi connectivity index (χ3n) is 4.98. The molecule has 1 unspecified atom stereocenters. The summed E-state index contributed by atoms with van der Waals surface area (Å²) in [5, 5.41) is 8.26. The van der Waals surface area contributed by atoms with Gasteiger partial charge in [-0.1, -0.05) is 50.2 Å². The Morgan fingerprint density at radius 1 is 0.914 bits per heavy atom. The fourth-order valence-electron chi connectivity index (χ4n) is 3.24. The van der Waals surface area contributed by atoms with Gasteiger partial charge in [0.25, 0.3) is 5.91 Å². The van der Waals surface area contributed by atoms with Crippen molar-refractivity contribution in [1.29, 1.82) is 0 Å². The molecule has 2 aromatic rings. The van der Waals surface area contributed by atoms with Gasteiger partial charge in [-0.3, -0.25) is 9.59 Å². The summed E-state index contributed by atoms with van der Waals surface area (Å²) in [6.07, 6.45) is -1.17. The molecule has 2 rings (SSSR count). The molecule has 35 heavy (non-hydrogen) atoms. The molecule has 0 bridgehead atoms. The summed E-state index contributed by atoms with van der Waals surface area (Å²) in [6, 6.07) is 14.9. The van der Waals surface area contributed by atoms with Crippen molar-refractivity contribution in [3.63, 3.8) is 0 Å². The third-order valence-corrected chi connectivity index (χ3v) is 4.98. The van der Waals surface area contributed by atoms with Gasteiger partial charge < -0.3 is 25.4 Å². The standard InChI is InChI=1S/C27H37N3O5/c1-18(2)21-12-8-10-14-23(21)34-19(3)25(32)29-17-20-11-7-9-13-22(20)30-24(31)15-16-28-26(33)35-27(4,5)6/h7-14,18-19H,15-17H2,1-6H3,(H,28,33)(H,29,32)(H,30,31). The number of alkyl carbamates (subject to hydrolysis) is 1. The van der Waals surface area contributed by atoms with Crippen molar-refractivity contribution in [2.75, 3.05) is 11.9 Å². The smallest absolute Gasteiger partial charge is 0.407 e. The lowest BCUT2D eigenvalue weighted by Crippen LogP contribution is -2.36. The van der Waals surface area contributed by atoms with Crippen LogP contribution in [0.2, 0.25) is 0 Å². The first-order valence-corrected chi connectivity index (χ1v) is 11.8. The van der Waals surface area contributed by atoms with E-state index >= 15 is 0 Å². The molecule has 190 valence electrons. The maximum absolute atomic E-state index is 12.7. The second kappa shape index (κ2) is 12.8. The van der Waals surface area contributed by atoms with Gasteiger partial charge in [-0.25, -0.2) is 4.79 Å². The van der Waals surface area contributed by atoms with E-state index in [4.69, 9.17) is 9.47 Å². The lowest BCUT2D eigenvalue weighted by atomic mass is 10.0. The molecule has 8 nitrogen and oxygen atoms in total. The average molecular weight is 484 g/mol. The number of para-hydroxylation sites is 2. The maximum Gasteiger partial charge on any atom is 0.407 e. The van der Waals surface area contributed by atoms with Crippen LogP contribution in [0.3, 0.4) is 0 Å². The van der Waals surface area contributed by atoms with E-state index in [1.807, 2.05) is 36.4 Å². The highest BCUT2D eigenvalue weighted by Gasteiger charge is 2.18. The van der Waals surface area contributed by atoms with E-state index in [0.29, 0.717) is 11.4 Å². The van der Waals surface area contributed by atoms with Crippen LogP contribution in [-0.2, 0) is 20.9 Å². The van der Waals surface area contributed by atoms with E-state index in [0.717, 1.165) is 11.1 Å². The minimum absolute atomic E-state index is 0.0834. The number of amides is 3. The molecule has 0 aromatic heterocycles. The average Bonchev–Trinajstić information content (AvgIpc) is 2.77. The van der Waals surface area contributed by atoms with Crippen LogP contribution in [-0.4, -0.2) is 36.2 Å². The normalized spacial score (nSPS) is 12.0. The molecule has 0 spiro atoms. The number of nitrogens with one attached hydrogen (secondary N) is 3. The summed E-state index contributed by atoms with van der Waals surface area (Å²) in [5.41, 5.74) is 1.79. The van der Waals surface area contributed by atoms with E-state index in [1.165, 1.54) is 0 Å². The quantitative estimate of drug-likeness (QED) is 0.452. The fourth-order valence-corrected chi connectivity index (χ4v) is 3.24. The molecule has 1 atom stereocenters. The number of carbonyl (C=O) groups excluding carboxylic acids is 3. The first-order chi connectivity index (χ1) is 16.5. The fraction of sp³-hybridized carbons (Fsp3) is 0.444. The minimum Gasteiger partial charge on any atom is -0.481 e. The van der Waals surface area contributed by atoms with Crippen LogP contribution in [0, 0.1) is 0 Å². The zero-order chi connectivity index (χ0) is 26.0. The van der Waals surface area contributed by atoms with Crippen molar-refractivity contribution < 1.29 is 23.9 Å². The van der Waals surface area contributed by atoms with Gasteiger partial charge >= 0.3 is 6.09 Å². The lowest BCUT2D eigenvalue weighted by Gasteiger charge is -2.20. The molecule has 0 saturated carbocycles. The van der Waals surface area contributed by atoms with E-state index < -0.39 is 17.8 Å². The Morgan fingerprint density at radius 3 is 2.26 bits per heavy atom. The van der Waals surface area contributed by atoms with E-state index in [2.05, 4.69) is 29.8 Å². The Morgan fingerprint density at radius 2 is 1.57 bits per heavy atom. The van der Waals surface area contributed by atoms with Gasteiger partial charge in [-0.05, 0) is 56.9 Å². The van der Waals surface area contributed by atoms with Crippen molar-refractivity contribution in [3.8, 4) is 5.75 Å². The monoisotopic (exact) mass is 483 g/mol. The number of anilines is 1. The van der Waals surface area contributed by atoms with Crippen molar-refractivity contribution in [3.05, 3.63) is 59.7 Å². The van der Waals surface area contributed by atoms with Crippen LogP contribution in [0.1, 0.15) is 65.0 Å². The molecule has 3 amide bonds. The maximum atomic E-state index is 12.7. The van der Waals surface area contributed by atoms with Crippen molar-refractivity contribution >= 4 is 23.6 Å². The zero-order valence-electron chi connectivity index (χ0n) is 21.4. The highest BCUT2D eigenvalue weighted by Crippen LogP contribution is 2.26. The van der Waals surface area contributed by atoms with Gasteiger partial charge in [-0.15, -0.1) is 0 Å². The van der Waals surface area contributed by atoms with Crippen LogP contribution >= 0.6 is 0 Å². The van der Waals surface area contributed by atoms with E-state index in [9.17, 15) is 14.4 Å². The van der Waals surface area contributed by atoms with Crippen molar-refractivity contribution in [2.24, 2.45) is 0 Å². The number of ether oxygens (including phenoxy) is 2. The molecular formula is C27H37N3O5. The zero-order valence-corrected chi connectivity index (χ0v) is 21.4. The second-order valence-electron chi connectivity index (χ2n) is 9.55. The topological polar surface area (TPSA) is 106 Å². The predicted octanol–water partition coefficient (Wildman–Crippen LogP) is 4.75. The molecular weight excluding hydrogens is 446 g/mol. The summed E-state index contributed by atoms with van der Waals surface area (Å²) in [7, 11) is 0. The van der Waals surface area contributed by atoms with Gasteiger partial charge in [0.15, 0.2) is 6.10 Å². The Balaban J connectivity index is 1.87. The van der Waals surface area contributed by atoms with E-state index in [1.54, 1.807) is 39.8 Å². The first-order valence-electron chi connectivity index (χ1n) is 11.8. The SMILES string of the molecule is CC(Oc1ccccc1C(C)C)C(=O)NCc1ccccc1NC(=O)CCNC(=O)OC(C)(C)C. The Bertz CT molecular complexity index is 1010. The van der Waals surface area contributed by atoms with Gasteiger partial charge in [0.1, 0.15) is 11.4 Å². The molecule has 3 N–H and O–H groups in total. The summed E-state index contributed by atoms with van der Waals surface area (Å²) < 4.78 is 11.1. The molecule has 2 aromatic carbocycles. The Labute approximate surface area is 207 Å². The minimum atomic E-state index is -0.685. The predicted molar refractivity (Wildman–Crippen MR) is 136 cm³/mol. The molecule has 0 radical (unpaired) electrons. The van der Waals surface area contributed by atoms with Gasteiger partial charge in [-0.2, -0.15) is 0 Å². The molecule has 0 aliphatic heterocycles. The van der Waals surface area contributed by atoms with Crippen LogP contribution < -0.4 is 20.7 Å². The number of carbonyl (C=O) groups is 3. The van der Waals surface area contributed by atoms with Crippen LogP contribution in [0.5, 0.6) is 5.75 Å². The van der Waals surface area contributed by atoms with Crippen LogP contribution in [0.25, 0.3) is 0 Å². The van der Waals surface area contributed by atoms with Gasteiger partial charge in [0.2, 0.25) is 5.91 Å². The Hall–Kier alpha value is -3.55.